The Balaban J connectivity index is 1.98. The Kier molecular flexibility index (Phi) is 2.72. The summed E-state index contributed by atoms with van der Waals surface area (Å²) in [5.41, 5.74) is 3.51. The Hall–Kier alpha value is -3.08. The minimum absolute atomic E-state index is 0.302. The van der Waals surface area contributed by atoms with Gasteiger partial charge in [-0.1, -0.05) is 24.3 Å². The van der Waals surface area contributed by atoms with Crippen LogP contribution in [-0.4, -0.2) is 17.1 Å². The molecule has 2 heterocycles. The van der Waals surface area contributed by atoms with Crippen LogP contribution in [0.4, 0.5) is 0 Å². The number of rotatable bonds is 2. The largest absolute Gasteiger partial charge is 0.493 e. The van der Waals surface area contributed by atoms with Gasteiger partial charge in [-0.25, -0.2) is 10.4 Å². The molecule has 0 unspecified atom stereocenters. The molecule has 0 radical (unpaired) electrons. The van der Waals surface area contributed by atoms with Gasteiger partial charge < -0.3 is 14.1 Å². The molecule has 2 aromatic heterocycles. The summed E-state index contributed by atoms with van der Waals surface area (Å²) < 4.78 is 11.1. The molecule has 4 rings (SSSR count). The summed E-state index contributed by atoms with van der Waals surface area (Å²) in [5, 5.41) is 6.99. The van der Waals surface area contributed by atoms with E-state index in [4.69, 9.17) is 14.6 Å². The highest BCUT2D eigenvalue weighted by molar-refractivity contribution is 5.86. The van der Waals surface area contributed by atoms with Crippen LogP contribution < -0.4 is 15.7 Å². The van der Waals surface area contributed by atoms with Gasteiger partial charge in [0.1, 0.15) is 11.4 Å². The fourth-order valence-electron chi connectivity index (χ4n) is 2.57. The Morgan fingerprint density at radius 3 is 2.82 bits per heavy atom. The predicted molar refractivity (Wildman–Crippen MR) is 82.9 cm³/mol. The van der Waals surface area contributed by atoms with Crippen molar-refractivity contribution in [3.8, 4) is 17.1 Å². The lowest BCUT2D eigenvalue weighted by Gasteiger charge is -2.03. The maximum Gasteiger partial charge on any atom is 0.376 e. The molecule has 2 aromatic carbocycles. The fraction of sp³-hybridized carbons (Fsp3) is 0.0588. The third-order valence-corrected chi connectivity index (χ3v) is 3.65. The monoisotopic (exact) mass is 292 g/mol. The van der Waals surface area contributed by atoms with E-state index in [1.807, 2.05) is 48.5 Å². The highest BCUT2D eigenvalue weighted by atomic mass is 16.5. The van der Waals surface area contributed by atoms with Crippen LogP contribution in [0.2, 0.25) is 0 Å². The number of nitrogens with one attached hydrogen (secondary N) is 1. The van der Waals surface area contributed by atoms with Crippen molar-refractivity contribution in [3.05, 3.63) is 54.1 Å². The van der Waals surface area contributed by atoms with E-state index in [1.54, 1.807) is 7.11 Å². The average molecular weight is 292 g/mol. The molecule has 0 atom stereocenters. The van der Waals surface area contributed by atoms with E-state index in [-0.39, 0.29) is 0 Å². The van der Waals surface area contributed by atoms with Gasteiger partial charge in [-0.3, -0.25) is 0 Å². The molecule has 0 aliphatic heterocycles. The second kappa shape index (κ2) is 4.73. The lowest BCUT2D eigenvalue weighted by molar-refractivity contribution is -0.196. The Bertz CT molecular complexity index is 1010. The van der Waals surface area contributed by atoms with E-state index < -0.39 is 0 Å². The number of imidazole rings is 1. The summed E-state index contributed by atoms with van der Waals surface area (Å²) in [6.07, 6.45) is 0. The van der Waals surface area contributed by atoms with Crippen LogP contribution in [-0.2, 0) is 0 Å². The highest BCUT2D eigenvalue weighted by Crippen LogP contribution is 2.27. The third kappa shape index (κ3) is 1.87. The molecule has 0 aliphatic rings. The van der Waals surface area contributed by atoms with Gasteiger partial charge in [0.25, 0.3) is 0 Å². The van der Waals surface area contributed by atoms with Crippen LogP contribution in [0.3, 0.4) is 0 Å². The minimum atomic E-state index is 0.302. The molecule has 4 aromatic rings. The second-order valence-electron chi connectivity index (χ2n) is 5.01. The van der Waals surface area contributed by atoms with Gasteiger partial charge in [0, 0.05) is 5.39 Å². The Morgan fingerprint density at radius 1 is 1.14 bits per heavy atom. The van der Waals surface area contributed by atoms with Crippen LogP contribution in [0.5, 0.6) is 5.75 Å². The maximum absolute atomic E-state index is 6.08. The van der Waals surface area contributed by atoms with Crippen molar-refractivity contribution in [1.29, 1.82) is 0 Å². The van der Waals surface area contributed by atoms with E-state index >= 15 is 0 Å². The predicted octanol–water partition coefficient (Wildman–Crippen LogP) is 1.64. The first-order valence-corrected chi connectivity index (χ1v) is 6.91. The number of ether oxygens (including phenoxy) is 1. The van der Waals surface area contributed by atoms with Crippen molar-refractivity contribution in [2.75, 3.05) is 7.11 Å². The maximum atomic E-state index is 6.08. The number of H-pyrrole nitrogens is 1. The van der Waals surface area contributed by atoms with Crippen LogP contribution in [0.15, 0.2) is 52.9 Å². The molecule has 0 saturated heterocycles. The average Bonchev–Trinajstić information content (AvgIpc) is 2.97. The number of hydrogen-bond donors (Lipinski definition) is 2. The number of hydrogen-bond acceptors (Lipinski definition) is 3. The Labute approximate surface area is 125 Å². The normalized spacial score (nSPS) is 11.1. The number of nitrogens with two attached hydrogens (primary N) is 1. The quantitative estimate of drug-likeness (QED) is 0.589. The van der Waals surface area contributed by atoms with Crippen molar-refractivity contribution in [1.82, 2.24) is 9.97 Å². The van der Waals surface area contributed by atoms with Crippen molar-refractivity contribution >= 4 is 22.0 Å². The van der Waals surface area contributed by atoms with Crippen molar-refractivity contribution in [2.45, 2.75) is 0 Å². The lowest BCUT2D eigenvalue weighted by Crippen LogP contribution is -2.45. The number of aromatic nitrogens is 2. The SMILES string of the molecule is COc1cccc2cc(-c3nc4ccccc4[nH]3)c(=[NH2+])oc12. The zero-order valence-corrected chi connectivity index (χ0v) is 12.0. The summed E-state index contributed by atoms with van der Waals surface area (Å²) in [7, 11) is 1.60. The van der Waals surface area contributed by atoms with E-state index in [0.29, 0.717) is 22.7 Å². The molecule has 108 valence electrons. The molecule has 5 nitrogen and oxygen atoms in total. The van der Waals surface area contributed by atoms with Gasteiger partial charge in [0.05, 0.1) is 18.1 Å². The van der Waals surface area contributed by atoms with Gasteiger partial charge in [-0.2, -0.15) is 0 Å². The minimum Gasteiger partial charge on any atom is -0.493 e. The number of methoxy groups -OCH3 is 1. The van der Waals surface area contributed by atoms with Gasteiger partial charge >= 0.3 is 5.55 Å². The molecule has 0 bridgehead atoms. The van der Waals surface area contributed by atoms with E-state index in [1.165, 1.54) is 0 Å². The fourth-order valence-corrected chi connectivity index (χ4v) is 2.57. The molecular formula is C17H14N3O2+. The van der Waals surface area contributed by atoms with Crippen LogP contribution in [0.25, 0.3) is 33.4 Å². The standard InChI is InChI=1S/C17H13N3O2/c1-21-14-8-4-5-10-9-11(16(18)22-15(10)14)17-19-12-6-2-3-7-13(12)20-17/h2-9,18H,1H3,(H,19,20)/p+1. The Morgan fingerprint density at radius 2 is 2.00 bits per heavy atom. The van der Waals surface area contributed by atoms with Gasteiger partial charge in [-0.05, 0) is 24.3 Å². The molecule has 0 aliphatic carbocycles. The van der Waals surface area contributed by atoms with E-state index in [2.05, 4.69) is 9.97 Å². The molecule has 0 fully saturated rings. The molecule has 0 saturated carbocycles. The topological polar surface area (TPSA) is 76.6 Å². The number of aromatic amines is 1. The van der Waals surface area contributed by atoms with Gasteiger partial charge in [-0.15, -0.1) is 0 Å². The van der Waals surface area contributed by atoms with E-state index in [9.17, 15) is 0 Å². The molecule has 3 N–H and O–H groups in total. The number of fused-ring (bicyclic) bond motifs is 2. The highest BCUT2D eigenvalue weighted by Gasteiger charge is 2.14. The van der Waals surface area contributed by atoms with Crippen molar-refractivity contribution in [3.63, 3.8) is 0 Å². The molecular weight excluding hydrogens is 278 g/mol. The van der Waals surface area contributed by atoms with Gasteiger partial charge in [0.15, 0.2) is 11.3 Å². The molecule has 0 amide bonds. The summed E-state index contributed by atoms with van der Waals surface area (Å²) in [6.45, 7) is 0. The van der Waals surface area contributed by atoms with Crippen LogP contribution in [0.1, 0.15) is 0 Å². The smallest absolute Gasteiger partial charge is 0.376 e. The summed E-state index contributed by atoms with van der Waals surface area (Å²) in [5.74, 6) is 1.34. The first-order valence-electron chi connectivity index (χ1n) is 6.91. The van der Waals surface area contributed by atoms with Crippen LogP contribution in [0, 0.1) is 0 Å². The van der Waals surface area contributed by atoms with E-state index in [0.717, 1.165) is 22.0 Å². The number of benzene rings is 2. The molecule has 22 heavy (non-hydrogen) atoms. The zero-order valence-electron chi connectivity index (χ0n) is 12.0. The van der Waals surface area contributed by atoms with Gasteiger partial charge in [0.2, 0.25) is 0 Å². The summed E-state index contributed by atoms with van der Waals surface area (Å²) in [6, 6.07) is 15.5. The summed E-state index contributed by atoms with van der Waals surface area (Å²) >= 11 is 0. The van der Waals surface area contributed by atoms with Crippen LogP contribution >= 0.6 is 0 Å². The first kappa shape index (κ1) is 12.6. The van der Waals surface area contributed by atoms with Crippen molar-refractivity contribution < 1.29 is 14.6 Å². The summed E-state index contributed by atoms with van der Waals surface area (Å²) in [4.78, 5) is 7.83. The van der Waals surface area contributed by atoms with Crippen molar-refractivity contribution in [2.24, 2.45) is 0 Å². The number of para-hydroxylation sites is 3. The first-order chi connectivity index (χ1) is 10.8. The third-order valence-electron chi connectivity index (χ3n) is 3.65. The second-order valence-corrected chi connectivity index (χ2v) is 5.01. The number of nitrogens with zero attached hydrogens (tertiary/aromatic N) is 1. The lowest BCUT2D eigenvalue weighted by atomic mass is 10.1. The molecule has 5 heteroatoms. The molecule has 0 spiro atoms. The zero-order chi connectivity index (χ0) is 15.1.